The summed E-state index contributed by atoms with van der Waals surface area (Å²) in [5.74, 6) is 0.636. The number of halogens is 1. The highest BCUT2D eigenvalue weighted by Gasteiger charge is 2.16. The topological polar surface area (TPSA) is 32.7 Å². The van der Waals surface area contributed by atoms with E-state index in [0.717, 1.165) is 38.3 Å². The van der Waals surface area contributed by atoms with E-state index in [2.05, 4.69) is 11.9 Å². The molecule has 0 aliphatic carbocycles. The van der Waals surface area contributed by atoms with Gasteiger partial charge in [-0.2, -0.15) is 0 Å². The molecule has 1 aliphatic rings. The minimum Gasteiger partial charge on any atom is -0.388 e. The molecule has 1 aromatic rings. The maximum Gasteiger partial charge on any atom is 0.0802 e. The molecule has 1 heterocycles. The van der Waals surface area contributed by atoms with Gasteiger partial charge in [0.2, 0.25) is 0 Å². The van der Waals surface area contributed by atoms with Gasteiger partial charge in [-0.05, 0) is 49.9 Å². The molecule has 0 spiro atoms. The molecule has 112 valence electrons. The van der Waals surface area contributed by atoms with E-state index in [9.17, 15) is 5.11 Å². The van der Waals surface area contributed by atoms with Crippen LogP contribution in [0.4, 0.5) is 0 Å². The minimum absolute atomic E-state index is 0.446. The van der Waals surface area contributed by atoms with Crippen molar-refractivity contribution in [3.63, 3.8) is 0 Å². The molecule has 0 bridgehead atoms. The van der Waals surface area contributed by atoms with Crippen molar-refractivity contribution in [3.05, 3.63) is 34.9 Å². The predicted molar refractivity (Wildman–Crippen MR) is 82.1 cm³/mol. The number of hydrogen-bond donors (Lipinski definition) is 1. The number of benzene rings is 1. The van der Waals surface area contributed by atoms with Crippen molar-refractivity contribution >= 4 is 11.6 Å². The molecular formula is C16H24ClNO2. The Hall–Kier alpha value is -0.610. The summed E-state index contributed by atoms with van der Waals surface area (Å²) in [5, 5.41) is 10.9. The minimum atomic E-state index is -0.446. The summed E-state index contributed by atoms with van der Waals surface area (Å²) in [5.41, 5.74) is 0.895. The van der Waals surface area contributed by atoms with Gasteiger partial charge in [0.05, 0.1) is 12.7 Å². The first kappa shape index (κ1) is 15.8. The van der Waals surface area contributed by atoms with Crippen LogP contribution in [0.2, 0.25) is 5.02 Å². The first-order valence-corrected chi connectivity index (χ1v) is 7.73. The molecule has 1 aliphatic heterocycles. The highest BCUT2D eigenvalue weighted by atomic mass is 35.5. The van der Waals surface area contributed by atoms with Gasteiger partial charge < -0.3 is 14.7 Å². The van der Waals surface area contributed by atoms with Gasteiger partial charge in [-0.25, -0.2) is 0 Å². The molecule has 0 amide bonds. The molecule has 0 aromatic heterocycles. The van der Waals surface area contributed by atoms with E-state index in [4.69, 9.17) is 16.3 Å². The zero-order chi connectivity index (χ0) is 14.4. The van der Waals surface area contributed by atoms with Gasteiger partial charge in [0.25, 0.3) is 0 Å². The predicted octanol–water partition coefficient (Wildman–Crippen LogP) is 3.12. The van der Waals surface area contributed by atoms with E-state index < -0.39 is 6.10 Å². The van der Waals surface area contributed by atoms with E-state index in [1.165, 1.54) is 12.8 Å². The van der Waals surface area contributed by atoms with Crippen molar-refractivity contribution < 1.29 is 9.84 Å². The normalized spacial score (nSPS) is 21.1. The Bertz CT molecular complexity index is 407. The second kappa shape index (κ2) is 7.99. The van der Waals surface area contributed by atoms with Crippen LogP contribution < -0.4 is 0 Å². The van der Waals surface area contributed by atoms with Crippen LogP contribution in [0.1, 0.15) is 30.9 Å². The summed E-state index contributed by atoms with van der Waals surface area (Å²) in [6.07, 6.45) is 2.70. The molecule has 1 fully saturated rings. The van der Waals surface area contributed by atoms with Crippen molar-refractivity contribution in [1.29, 1.82) is 0 Å². The number of aliphatic hydroxyl groups excluding tert-OH is 1. The first-order chi connectivity index (χ1) is 9.65. The van der Waals surface area contributed by atoms with Crippen LogP contribution >= 0.6 is 11.6 Å². The van der Waals surface area contributed by atoms with Crippen molar-refractivity contribution in [3.8, 4) is 0 Å². The third-order valence-corrected chi connectivity index (χ3v) is 4.08. The first-order valence-electron chi connectivity index (χ1n) is 7.35. The Morgan fingerprint density at radius 3 is 3.05 bits per heavy atom. The van der Waals surface area contributed by atoms with Gasteiger partial charge in [0.1, 0.15) is 0 Å². The Morgan fingerprint density at radius 2 is 2.35 bits per heavy atom. The SMILES string of the molecule is CN(CCC(O)c1cccc(Cl)c1)CC1CCCOC1. The molecular weight excluding hydrogens is 274 g/mol. The second-order valence-corrected chi connectivity index (χ2v) is 6.14. The van der Waals surface area contributed by atoms with E-state index in [1.807, 2.05) is 24.3 Å². The standard InChI is InChI=1S/C16H24ClNO2/c1-18(11-13-4-3-9-20-12-13)8-7-16(19)14-5-2-6-15(17)10-14/h2,5-6,10,13,16,19H,3-4,7-9,11-12H2,1H3. The average molecular weight is 298 g/mol. The maximum atomic E-state index is 10.2. The quantitative estimate of drug-likeness (QED) is 0.876. The lowest BCUT2D eigenvalue weighted by Gasteiger charge is -2.27. The summed E-state index contributed by atoms with van der Waals surface area (Å²) in [4.78, 5) is 2.28. The Kier molecular flexibility index (Phi) is 6.30. The monoisotopic (exact) mass is 297 g/mol. The molecule has 2 rings (SSSR count). The smallest absolute Gasteiger partial charge is 0.0802 e. The summed E-state index contributed by atoms with van der Waals surface area (Å²) in [6.45, 7) is 3.71. The van der Waals surface area contributed by atoms with Gasteiger partial charge in [-0.3, -0.25) is 0 Å². The molecule has 0 radical (unpaired) electrons. The number of ether oxygens (including phenoxy) is 1. The molecule has 20 heavy (non-hydrogen) atoms. The highest BCUT2D eigenvalue weighted by Crippen LogP contribution is 2.21. The average Bonchev–Trinajstić information content (AvgIpc) is 2.46. The van der Waals surface area contributed by atoms with Crippen LogP contribution in [0.3, 0.4) is 0 Å². The Labute approximate surface area is 126 Å². The van der Waals surface area contributed by atoms with Crippen molar-refractivity contribution in [2.45, 2.75) is 25.4 Å². The van der Waals surface area contributed by atoms with Crippen molar-refractivity contribution in [1.82, 2.24) is 4.90 Å². The zero-order valence-corrected chi connectivity index (χ0v) is 12.9. The zero-order valence-electron chi connectivity index (χ0n) is 12.1. The molecule has 2 atom stereocenters. The molecule has 2 unspecified atom stereocenters. The Morgan fingerprint density at radius 1 is 1.50 bits per heavy atom. The molecule has 0 saturated carbocycles. The van der Waals surface area contributed by atoms with Crippen molar-refractivity contribution in [2.24, 2.45) is 5.92 Å². The van der Waals surface area contributed by atoms with Crippen LogP contribution in [0.5, 0.6) is 0 Å². The Balaban J connectivity index is 1.73. The third-order valence-electron chi connectivity index (χ3n) is 3.84. The lowest BCUT2D eigenvalue weighted by Crippen LogP contribution is -2.32. The second-order valence-electron chi connectivity index (χ2n) is 5.70. The van der Waals surface area contributed by atoms with Crippen molar-refractivity contribution in [2.75, 3.05) is 33.4 Å². The maximum absolute atomic E-state index is 10.2. The van der Waals surface area contributed by atoms with Crippen LogP contribution in [-0.4, -0.2) is 43.4 Å². The van der Waals surface area contributed by atoms with Gasteiger partial charge in [0.15, 0.2) is 0 Å². The van der Waals surface area contributed by atoms with E-state index >= 15 is 0 Å². The van der Waals surface area contributed by atoms with Gasteiger partial charge in [0, 0.05) is 24.7 Å². The van der Waals surface area contributed by atoms with E-state index in [0.29, 0.717) is 10.9 Å². The lowest BCUT2D eigenvalue weighted by atomic mass is 10.0. The molecule has 1 N–H and O–H groups in total. The van der Waals surface area contributed by atoms with Crippen LogP contribution in [0, 0.1) is 5.92 Å². The van der Waals surface area contributed by atoms with Gasteiger partial charge in [-0.15, -0.1) is 0 Å². The van der Waals surface area contributed by atoms with Crippen LogP contribution in [0.15, 0.2) is 24.3 Å². The molecule has 4 heteroatoms. The third kappa shape index (κ3) is 5.06. The summed E-state index contributed by atoms with van der Waals surface area (Å²) >= 11 is 5.95. The number of rotatable bonds is 6. The lowest BCUT2D eigenvalue weighted by molar-refractivity contribution is 0.0399. The fourth-order valence-corrected chi connectivity index (χ4v) is 2.91. The van der Waals surface area contributed by atoms with Crippen LogP contribution in [0.25, 0.3) is 0 Å². The molecule has 3 nitrogen and oxygen atoms in total. The largest absolute Gasteiger partial charge is 0.388 e. The number of aliphatic hydroxyl groups is 1. The highest BCUT2D eigenvalue weighted by molar-refractivity contribution is 6.30. The fraction of sp³-hybridized carbons (Fsp3) is 0.625. The fourth-order valence-electron chi connectivity index (χ4n) is 2.71. The van der Waals surface area contributed by atoms with Crippen LogP contribution in [-0.2, 0) is 4.74 Å². The van der Waals surface area contributed by atoms with Gasteiger partial charge in [-0.1, -0.05) is 23.7 Å². The molecule has 1 saturated heterocycles. The summed E-state index contributed by atoms with van der Waals surface area (Å²) in [7, 11) is 2.11. The van der Waals surface area contributed by atoms with E-state index in [-0.39, 0.29) is 0 Å². The summed E-state index contributed by atoms with van der Waals surface area (Å²) < 4.78 is 5.50. The summed E-state index contributed by atoms with van der Waals surface area (Å²) in [6, 6.07) is 7.46. The number of nitrogens with zero attached hydrogens (tertiary/aromatic N) is 1. The van der Waals surface area contributed by atoms with Gasteiger partial charge >= 0.3 is 0 Å². The number of hydrogen-bond acceptors (Lipinski definition) is 3. The molecule has 1 aromatic carbocycles. The van der Waals surface area contributed by atoms with E-state index in [1.54, 1.807) is 0 Å².